The summed E-state index contributed by atoms with van der Waals surface area (Å²) < 4.78 is 1.53. The number of aromatic nitrogens is 3. The van der Waals surface area contributed by atoms with E-state index >= 15 is 0 Å². The fourth-order valence-corrected chi connectivity index (χ4v) is 2.46. The first-order valence-electron chi connectivity index (χ1n) is 6.37. The first kappa shape index (κ1) is 13.0. The van der Waals surface area contributed by atoms with Gasteiger partial charge in [-0.05, 0) is 24.3 Å². The molecule has 2 heterocycles. The predicted octanol–water partition coefficient (Wildman–Crippen LogP) is 0.0300. The Balaban J connectivity index is 1.72. The minimum absolute atomic E-state index is 0.0103. The minimum Gasteiger partial charge on any atom is -0.354 e. The van der Waals surface area contributed by atoms with Crippen LogP contribution in [0.5, 0.6) is 0 Å². The van der Waals surface area contributed by atoms with Gasteiger partial charge in [-0.2, -0.15) is 0 Å². The van der Waals surface area contributed by atoms with E-state index in [2.05, 4.69) is 34.8 Å². The van der Waals surface area contributed by atoms with Crippen molar-refractivity contribution < 1.29 is 4.79 Å². The molecule has 18 heavy (non-hydrogen) atoms. The molecule has 6 nitrogen and oxygen atoms in total. The van der Waals surface area contributed by atoms with Crippen molar-refractivity contribution in [3.05, 3.63) is 12.4 Å². The van der Waals surface area contributed by atoms with E-state index in [-0.39, 0.29) is 12.5 Å². The Hall–Kier alpha value is -1.43. The van der Waals surface area contributed by atoms with Gasteiger partial charge in [0.2, 0.25) is 5.91 Å². The van der Waals surface area contributed by atoms with Crippen LogP contribution in [0.4, 0.5) is 0 Å². The fourth-order valence-electron chi connectivity index (χ4n) is 2.46. The van der Waals surface area contributed by atoms with Gasteiger partial charge in [-0.25, -0.2) is 4.68 Å². The number of amides is 1. The van der Waals surface area contributed by atoms with E-state index in [0.717, 1.165) is 26.1 Å². The summed E-state index contributed by atoms with van der Waals surface area (Å²) in [5, 5.41) is 13.8. The Morgan fingerprint density at radius 2 is 2.44 bits per heavy atom. The maximum Gasteiger partial charge on any atom is 0.241 e. The van der Waals surface area contributed by atoms with Gasteiger partial charge in [0.25, 0.3) is 0 Å². The summed E-state index contributed by atoms with van der Waals surface area (Å²) in [6.07, 6.45) is 4.40. The maximum atomic E-state index is 11.7. The van der Waals surface area contributed by atoms with Gasteiger partial charge in [0.05, 0.1) is 6.20 Å². The van der Waals surface area contributed by atoms with E-state index in [1.54, 1.807) is 12.4 Å². The van der Waals surface area contributed by atoms with Crippen LogP contribution in [0.2, 0.25) is 0 Å². The fraction of sp³-hybridized carbons (Fsp3) is 0.750. The largest absolute Gasteiger partial charge is 0.354 e. The van der Waals surface area contributed by atoms with Gasteiger partial charge in [0.1, 0.15) is 6.54 Å². The van der Waals surface area contributed by atoms with Crippen molar-refractivity contribution in [2.75, 3.05) is 19.6 Å². The molecule has 1 aliphatic rings. The highest BCUT2D eigenvalue weighted by molar-refractivity contribution is 5.75. The van der Waals surface area contributed by atoms with Crippen LogP contribution in [-0.4, -0.2) is 40.5 Å². The number of nitrogens with one attached hydrogen (secondary N) is 2. The monoisotopic (exact) mass is 251 g/mol. The molecule has 1 saturated heterocycles. The van der Waals surface area contributed by atoms with Crippen molar-refractivity contribution in [2.45, 2.75) is 26.8 Å². The second kappa shape index (κ2) is 5.48. The summed E-state index contributed by atoms with van der Waals surface area (Å²) in [6, 6.07) is 0. The first-order chi connectivity index (χ1) is 8.55. The molecule has 0 aliphatic carbocycles. The van der Waals surface area contributed by atoms with Crippen LogP contribution in [0.25, 0.3) is 0 Å². The van der Waals surface area contributed by atoms with Crippen LogP contribution < -0.4 is 10.6 Å². The Bertz CT molecular complexity index is 387. The molecule has 0 spiro atoms. The zero-order chi connectivity index (χ0) is 13.0. The maximum absolute atomic E-state index is 11.7. The second-order valence-electron chi connectivity index (χ2n) is 5.77. The van der Waals surface area contributed by atoms with Gasteiger partial charge >= 0.3 is 0 Å². The van der Waals surface area contributed by atoms with Crippen molar-refractivity contribution in [1.29, 1.82) is 0 Å². The quantitative estimate of drug-likeness (QED) is 0.792. The van der Waals surface area contributed by atoms with Gasteiger partial charge in [0, 0.05) is 19.3 Å². The van der Waals surface area contributed by atoms with E-state index in [1.807, 2.05) is 0 Å². The third-order valence-electron chi connectivity index (χ3n) is 3.24. The summed E-state index contributed by atoms with van der Waals surface area (Å²) >= 11 is 0. The number of carbonyl (C=O) groups is 1. The molecule has 1 unspecified atom stereocenters. The molecule has 1 aromatic heterocycles. The molecule has 6 heteroatoms. The normalized spacial score (nSPS) is 22.7. The first-order valence-corrected chi connectivity index (χ1v) is 6.37. The molecule has 1 atom stereocenters. The summed E-state index contributed by atoms with van der Waals surface area (Å²) in [5.74, 6) is 0.498. The Morgan fingerprint density at radius 3 is 3.11 bits per heavy atom. The number of hydrogen-bond donors (Lipinski definition) is 2. The number of piperidine rings is 1. The summed E-state index contributed by atoms with van der Waals surface area (Å²) in [7, 11) is 0. The molecule has 100 valence electrons. The molecule has 2 N–H and O–H groups in total. The lowest BCUT2D eigenvalue weighted by molar-refractivity contribution is -0.122. The standard InChI is InChI=1S/C12H21N5O/c1-12(2)5-10(6-13-9-12)7-14-11(18)8-17-4-3-15-16-17/h3-4,10,13H,5-9H2,1-2H3,(H,14,18). The van der Waals surface area contributed by atoms with Crippen molar-refractivity contribution in [3.8, 4) is 0 Å². The van der Waals surface area contributed by atoms with Gasteiger partial charge in [-0.3, -0.25) is 4.79 Å². The third-order valence-corrected chi connectivity index (χ3v) is 3.24. The Kier molecular flexibility index (Phi) is 3.96. The van der Waals surface area contributed by atoms with E-state index in [4.69, 9.17) is 0 Å². The molecule has 0 radical (unpaired) electrons. The Morgan fingerprint density at radius 1 is 1.61 bits per heavy atom. The van der Waals surface area contributed by atoms with Crippen LogP contribution in [0.1, 0.15) is 20.3 Å². The van der Waals surface area contributed by atoms with Crippen LogP contribution in [0, 0.1) is 11.3 Å². The minimum atomic E-state index is -0.0103. The van der Waals surface area contributed by atoms with Crippen molar-refractivity contribution in [3.63, 3.8) is 0 Å². The SMILES string of the molecule is CC1(C)CNCC(CNC(=O)Cn2ccnn2)C1. The van der Waals surface area contributed by atoms with Crippen molar-refractivity contribution >= 4 is 5.91 Å². The lowest BCUT2D eigenvalue weighted by atomic mass is 9.79. The highest BCUT2D eigenvalue weighted by Crippen LogP contribution is 2.27. The van der Waals surface area contributed by atoms with Crippen molar-refractivity contribution in [1.82, 2.24) is 25.6 Å². The predicted molar refractivity (Wildman–Crippen MR) is 67.8 cm³/mol. The zero-order valence-corrected chi connectivity index (χ0v) is 11.0. The van der Waals surface area contributed by atoms with E-state index in [1.165, 1.54) is 4.68 Å². The summed E-state index contributed by atoms with van der Waals surface area (Å²) in [6.45, 7) is 7.50. The van der Waals surface area contributed by atoms with E-state index < -0.39 is 0 Å². The van der Waals surface area contributed by atoms with E-state index in [0.29, 0.717) is 11.3 Å². The van der Waals surface area contributed by atoms with Crippen LogP contribution >= 0.6 is 0 Å². The topological polar surface area (TPSA) is 71.8 Å². The Labute approximate surface area is 107 Å². The number of carbonyl (C=O) groups excluding carboxylic acids is 1. The molecule has 1 aromatic rings. The van der Waals surface area contributed by atoms with Crippen molar-refractivity contribution in [2.24, 2.45) is 11.3 Å². The van der Waals surface area contributed by atoms with Gasteiger partial charge in [0.15, 0.2) is 0 Å². The lowest BCUT2D eigenvalue weighted by Crippen LogP contribution is -2.45. The lowest BCUT2D eigenvalue weighted by Gasteiger charge is -2.35. The molecule has 0 aromatic carbocycles. The van der Waals surface area contributed by atoms with Crippen LogP contribution in [0.15, 0.2) is 12.4 Å². The molecule has 1 fully saturated rings. The van der Waals surface area contributed by atoms with E-state index in [9.17, 15) is 4.79 Å². The molecule has 0 bridgehead atoms. The molecular formula is C12H21N5O. The summed E-state index contributed by atoms with van der Waals surface area (Å²) in [4.78, 5) is 11.7. The van der Waals surface area contributed by atoms with Gasteiger partial charge < -0.3 is 10.6 Å². The number of hydrogen-bond acceptors (Lipinski definition) is 4. The second-order valence-corrected chi connectivity index (χ2v) is 5.77. The zero-order valence-electron chi connectivity index (χ0n) is 11.0. The average molecular weight is 251 g/mol. The molecule has 0 saturated carbocycles. The van der Waals surface area contributed by atoms with Crippen LogP contribution in [0.3, 0.4) is 0 Å². The number of rotatable bonds is 4. The highest BCUT2D eigenvalue weighted by Gasteiger charge is 2.27. The molecule has 1 aliphatic heterocycles. The van der Waals surface area contributed by atoms with Gasteiger partial charge in [-0.15, -0.1) is 5.10 Å². The highest BCUT2D eigenvalue weighted by atomic mass is 16.2. The molecule has 1 amide bonds. The molecular weight excluding hydrogens is 230 g/mol. The van der Waals surface area contributed by atoms with Gasteiger partial charge in [-0.1, -0.05) is 19.1 Å². The number of nitrogens with zero attached hydrogens (tertiary/aromatic N) is 3. The van der Waals surface area contributed by atoms with Crippen LogP contribution in [-0.2, 0) is 11.3 Å². The molecule has 2 rings (SSSR count). The third kappa shape index (κ3) is 3.80. The summed E-state index contributed by atoms with van der Waals surface area (Å²) in [5.41, 5.74) is 0.319. The smallest absolute Gasteiger partial charge is 0.241 e. The average Bonchev–Trinajstić information content (AvgIpc) is 2.78.